The second-order valence-electron chi connectivity index (χ2n) is 7.26. The van der Waals surface area contributed by atoms with Gasteiger partial charge in [-0.2, -0.15) is 8.78 Å². The monoisotopic (exact) mass is 427 g/mol. The average molecular weight is 428 g/mol. The summed E-state index contributed by atoms with van der Waals surface area (Å²) >= 11 is 0. The minimum absolute atomic E-state index is 0.0597. The van der Waals surface area contributed by atoms with E-state index in [0.717, 1.165) is 52.1 Å². The third-order valence-corrected chi connectivity index (χ3v) is 5.03. The van der Waals surface area contributed by atoms with E-state index < -0.39 is 6.61 Å². The fourth-order valence-electron chi connectivity index (χ4n) is 3.33. The minimum Gasteiger partial charge on any atom is -0.490 e. The van der Waals surface area contributed by atoms with Gasteiger partial charge in [-0.3, -0.25) is 4.99 Å². The van der Waals surface area contributed by atoms with Gasteiger partial charge >= 0.3 is 6.61 Å². The lowest BCUT2D eigenvalue weighted by Crippen LogP contribution is -2.44. The van der Waals surface area contributed by atoms with Crippen LogP contribution in [0.1, 0.15) is 25.3 Å². The molecule has 2 N–H and O–H groups in total. The number of ether oxygens (including phenoxy) is 2. The predicted octanol–water partition coefficient (Wildman–Crippen LogP) is 2.38. The van der Waals surface area contributed by atoms with E-state index in [1.807, 2.05) is 0 Å². The number of para-hydroxylation sites is 1. The van der Waals surface area contributed by atoms with Gasteiger partial charge < -0.3 is 29.9 Å². The lowest BCUT2D eigenvalue weighted by Gasteiger charge is -2.32. The average Bonchev–Trinajstić information content (AvgIpc) is 2.73. The summed E-state index contributed by atoms with van der Waals surface area (Å²) in [7, 11) is 3.85. The molecule has 0 atom stereocenters. The summed E-state index contributed by atoms with van der Waals surface area (Å²) in [5, 5.41) is 6.43. The maximum atomic E-state index is 12.8. The third-order valence-electron chi connectivity index (χ3n) is 5.03. The topological polar surface area (TPSA) is 61.4 Å². The van der Waals surface area contributed by atoms with Crippen molar-refractivity contribution in [2.45, 2.75) is 32.9 Å². The summed E-state index contributed by atoms with van der Waals surface area (Å²) in [4.78, 5) is 9.07. The van der Waals surface area contributed by atoms with Crippen LogP contribution in [0.2, 0.25) is 0 Å². The number of aliphatic imine (C=N–C) groups is 1. The van der Waals surface area contributed by atoms with Gasteiger partial charge in [0, 0.05) is 51.9 Å². The number of hydrogen-bond donors (Lipinski definition) is 2. The quantitative estimate of drug-likeness (QED) is 0.321. The lowest BCUT2D eigenvalue weighted by atomic mass is 10.2. The Balaban J connectivity index is 1.76. The van der Waals surface area contributed by atoms with Crippen molar-refractivity contribution in [3.8, 4) is 11.5 Å². The van der Waals surface area contributed by atoms with Gasteiger partial charge in [-0.15, -0.1) is 0 Å². The molecule has 1 aromatic rings. The van der Waals surface area contributed by atoms with Crippen LogP contribution in [0, 0.1) is 0 Å². The number of benzene rings is 1. The highest BCUT2D eigenvalue weighted by molar-refractivity contribution is 5.79. The van der Waals surface area contributed by atoms with E-state index in [0.29, 0.717) is 30.4 Å². The predicted molar refractivity (Wildman–Crippen MR) is 116 cm³/mol. The molecule has 1 saturated heterocycles. The van der Waals surface area contributed by atoms with E-state index >= 15 is 0 Å². The second-order valence-corrected chi connectivity index (χ2v) is 7.26. The van der Waals surface area contributed by atoms with Crippen molar-refractivity contribution in [1.82, 2.24) is 20.4 Å². The molecule has 0 saturated carbocycles. The molecule has 0 aliphatic carbocycles. The molecule has 0 spiro atoms. The molecule has 2 rings (SSSR count). The largest absolute Gasteiger partial charge is 0.490 e. The normalized spacial score (nSPS) is 16.0. The number of alkyl halides is 2. The molecular formula is C21H35F2N5O2. The number of hydrogen-bond acceptors (Lipinski definition) is 5. The van der Waals surface area contributed by atoms with Gasteiger partial charge in [0.05, 0.1) is 6.61 Å². The van der Waals surface area contributed by atoms with E-state index in [1.54, 1.807) is 32.2 Å². The molecule has 0 radical (unpaired) electrons. The number of rotatable bonds is 11. The molecule has 0 bridgehead atoms. The summed E-state index contributed by atoms with van der Waals surface area (Å²) in [5.41, 5.74) is 0.583. The van der Waals surface area contributed by atoms with Crippen LogP contribution >= 0.6 is 0 Å². The first-order valence-corrected chi connectivity index (χ1v) is 10.6. The summed E-state index contributed by atoms with van der Waals surface area (Å²) in [6.45, 7) is 6.00. The molecular weight excluding hydrogens is 392 g/mol. The van der Waals surface area contributed by atoms with Crippen molar-refractivity contribution in [1.29, 1.82) is 0 Å². The molecule has 1 aliphatic rings. The van der Waals surface area contributed by atoms with Gasteiger partial charge in [0.25, 0.3) is 0 Å². The van der Waals surface area contributed by atoms with Gasteiger partial charge in [0.2, 0.25) is 0 Å². The highest BCUT2D eigenvalue weighted by Gasteiger charge is 2.16. The summed E-state index contributed by atoms with van der Waals surface area (Å²) in [5.74, 6) is 0.993. The first-order chi connectivity index (χ1) is 14.5. The number of likely N-dealkylation sites (N-methyl/N-ethyl adjacent to an activating group) is 1. The number of guanidine groups is 1. The Kier molecular flexibility index (Phi) is 10.6. The fourth-order valence-corrected chi connectivity index (χ4v) is 3.33. The summed E-state index contributed by atoms with van der Waals surface area (Å²) in [6.07, 6.45) is 2.16. The molecule has 1 fully saturated rings. The van der Waals surface area contributed by atoms with Crippen LogP contribution in [-0.2, 0) is 6.54 Å². The SMILES string of the molecule is CCOc1cccc(CNC(=NC)NCCCCN2CCN(C)CC2)c1OC(F)F. The third kappa shape index (κ3) is 8.31. The van der Waals surface area contributed by atoms with Crippen molar-refractivity contribution >= 4 is 5.96 Å². The van der Waals surface area contributed by atoms with Gasteiger partial charge in [-0.05, 0) is 39.4 Å². The minimum atomic E-state index is -2.91. The van der Waals surface area contributed by atoms with Crippen LogP contribution in [0.3, 0.4) is 0 Å². The van der Waals surface area contributed by atoms with Crippen LogP contribution in [0.4, 0.5) is 8.78 Å². The van der Waals surface area contributed by atoms with Gasteiger partial charge in [-0.25, -0.2) is 0 Å². The van der Waals surface area contributed by atoms with E-state index in [9.17, 15) is 8.78 Å². The zero-order chi connectivity index (χ0) is 21.8. The Morgan fingerprint density at radius 1 is 1.17 bits per heavy atom. The number of nitrogens with one attached hydrogen (secondary N) is 2. The van der Waals surface area contributed by atoms with E-state index in [-0.39, 0.29) is 5.75 Å². The Bertz CT molecular complexity index is 652. The molecule has 1 aliphatic heterocycles. The van der Waals surface area contributed by atoms with E-state index in [4.69, 9.17) is 9.47 Å². The zero-order valence-electron chi connectivity index (χ0n) is 18.3. The Morgan fingerprint density at radius 3 is 2.60 bits per heavy atom. The molecule has 0 aromatic heterocycles. The van der Waals surface area contributed by atoms with Gasteiger partial charge in [-0.1, -0.05) is 12.1 Å². The first-order valence-electron chi connectivity index (χ1n) is 10.6. The second kappa shape index (κ2) is 13.2. The van der Waals surface area contributed by atoms with Crippen LogP contribution in [0.15, 0.2) is 23.2 Å². The van der Waals surface area contributed by atoms with Crippen LogP contribution < -0.4 is 20.1 Å². The van der Waals surface area contributed by atoms with E-state index in [1.165, 1.54) is 0 Å². The first kappa shape index (κ1) is 24.1. The maximum absolute atomic E-state index is 12.8. The van der Waals surface area contributed by atoms with Crippen LogP contribution in [-0.4, -0.2) is 82.3 Å². The van der Waals surface area contributed by atoms with Crippen molar-refractivity contribution in [2.24, 2.45) is 4.99 Å². The van der Waals surface area contributed by atoms with Crippen molar-refractivity contribution in [2.75, 3.05) is 60.0 Å². The Labute approximate surface area is 178 Å². The Morgan fingerprint density at radius 2 is 1.93 bits per heavy atom. The number of unbranched alkanes of at least 4 members (excludes halogenated alkanes) is 1. The number of halogens is 2. The highest BCUT2D eigenvalue weighted by atomic mass is 19.3. The smallest absolute Gasteiger partial charge is 0.387 e. The lowest BCUT2D eigenvalue weighted by molar-refractivity contribution is -0.0520. The number of nitrogens with zero attached hydrogens (tertiary/aromatic N) is 3. The van der Waals surface area contributed by atoms with Crippen LogP contribution in [0.25, 0.3) is 0 Å². The van der Waals surface area contributed by atoms with Crippen molar-refractivity contribution in [3.63, 3.8) is 0 Å². The number of piperazine rings is 1. The highest BCUT2D eigenvalue weighted by Crippen LogP contribution is 2.32. The molecule has 170 valence electrons. The molecule has 0 unspecified atom stereocenters. The molecule has 0 amide bonds. The van der Waals surface area contributed by atoms with Crippen LogP contribution in [0.5, 0.6) is 11.5 Å². The molecule has 7 nitrogen and oxygen atoms in total. The maximum Gasteiger partial charge on any atom is 0.387 e. The van der Waals surface area contributed by atoms with Crippen molar-refractivity contribution < 1.29 is 18.3 Å². The van der Waals surface area contributed by atoms with Crippen molar-refractivity contribution in [3.05, 3.63) is 23.8 Å². The van der Waals surface area contributed by atoms with Gasteiger partial charge in [0.1, 0.15) is 0 Å². The van der Waals surface area contributed by atoms with E-state index in [2.05, 4.69) is 32.5 Å². The Hall–Kier alpha value is -2.13. The summed E-state index contributed by atoms with van der Waals surface area (Å²) < 4.78 is 35.8. The zero-order valence-corrected chi connectivity index (χ0v) is 18.3. The molecule has 30 heavy (non-hydrogen) atoms. The molecule has 1 aromatic carbocycles. The fraction of sp³-hybridized carbons (Fsp3) is 0.667. The van der Waals surface area contributed by atoms with Gasteiger partial charge in [0.15, 0.2) is 17.5 Å². The molecule has 1 heterocycles. The standard InChI is InChI=1S/C21H35F2N5O2/c1-4-29-18-9-7-8-17(19(18)30-20(22)23)16-26-21(24-2)25-10-5-6-11-28-14-12-27(3)13-15-28/h7-9,20H,4-6,10-16H2,1-3H3,(H2,24,25,26). The summed E-state index contributed by atoms with van der Waals surface area (Å²) in [6, 6.07) is 5.11. The molecule has 9 heteroatoms.